The van der Waals surface area contributed by atoms with E-state index in [0.29, 0.717) is 17.2 Å². The molecule has 3 aromatic rings. The minimum atomic E-state index is -4.70. The molecule has 0 saturated heterocycles. The van der Waals surface area contributed by atoms with Crippen LogP contribution in [0.25, 0.3) is 5.65 Å². The second-order valence-electron chi connectivity index (χ2n) is 8.63. The number of hydrogen-bond acceptors (Lipinski definition) is 7. The van der Waals surface area contributed by atoms with Gasteiger partial charge in [-0.1, -0.05) is 42.8 Å². The van der Waals surface area contributed by atoms with Crippen LogP contribution in [0.15, 0.2) is 36.5 Å². The van der Waals surface area contributed by atoms with E-state index < -0.39 is 27.2 Å². The Bertz CT molecular complexity index is 1290. The molecule has 0 fully saturated rings. The van der Waals surface area contributed by atoms with Gasteiger partial charge in [-0.05, 0) is 17.5 Å². The molecule has 3 atom stereocenters. The van der Waals surface area contributed by atoms with E-state index in [0.717, 1.165) is 24.5 Å². The maximum absolute atomic E-state index is 12.0. The number of anilines is 1. The molecule has 1 aliphatic rings. The van der Waals surface area contributed by atoms with Crippen molar-refractivity contribution in [3.63, 3.8) is 0 Å². The van der Waals surface area contributed by atoms with E-state index in [1.807, 2.05) is 19.1 Å². The minimum Gasteiger partial charge on any atom is -0.379 e. The summed E-state index contributed by atoms with van der Waals surface area (Å²) in [6.07, 6.45) is 1.48. The van der Waals surface area contributed by atoms with Crippen molar-refractivity contribution in [3.05, 3.63) is 58.5 Å². The van der Waals surface area contributed by atoms with Crippen molar-refractivity contribution < 1.29 is 33.1 Å². The first-order valence-corrected chi connectivity index (χ1v) is 14.8. The molecule has 190 valence electrons. The van der Waals surface area contributed by atoms with Gasteiger partial charge in [0.1, 0.15) is 0 Å². The fourth-order valence-electron chi connectivity index (χ4n) is 4.23. The molecule has 0 bridgehead atoms. The number of halogens is 1. The van der Waals surface area contributed by atoms with Crippen molar-refractivity contribution in [1.82, 2.24) is 14.6 Å². The molecule has 14 heteroatoms. The Morgan fingerprint density at radius 1 is 1.17 bits per heavy atom. The summed E-state index contributed by atoms with van der Waals surface area (Å²) < 4.78 is 35.0. The summed E-state index contributed by atoms with van der Waals surface area (Å²) in [5.41, 5.74) is 4.80. The Labute approximate surface area is 207 Å². The van der Waals surface area contributed by atoms with Gasteiger partial charge in [0.25, 0.3) is 0 Å². The zero-order valence-electron chi connectivity index (χ0n) is 19.2. The number of ether oxygens (including phenoxy) is 1. The molecule has 3 heterocycles. The van der Waals surface area contributed by atoms with Crippen LogP contribution in [0.1, 0.15) is 36.1 Å². The smallest absolute Gasteiger partial charge is 0.340 e. The van der Waals surface area contributed by atoms with Crippen LogP contribution in [0.5, 0.6) is 0 Å². The standard InChI is InChI=1S/C21H27ClN4O7P2/c1-14(7-17(32-2)12-33-35(30,31)13-34(27,28)29)19-9-23-21-18(8-20(22)24-26(19)21)25-10-15-5-3-4-6-16(15)11-25/h3-6,8-9,14,17H,7,10-13H2,1-2H3,(H,30,31)(H2,27,28,29)/t14?,17-/m0/s1. The highest BCUT2D eigenvalue weighted by Crippen LogP contribution is 2.55. The molecule has 35 heavy (non-hydrogen) atoms. The van der Waals surface area contributed by atoms with Crippen molar-refractivity contribution >= 4 is 38.1 Å². The Kier molecular flexibility index (Phi) is 7.71. The second-order valence-corrected chi connectivity index (χ2v) is 13.0. The van der Waals surface area contributed by atoms with Crippen molar-refractivity contribution in [2.45, 2.75) is 38.5 Å². The van der Waals surface area contributed by atoms with Crippen LogP contribution in [0.3, 0.4) is 0 Å². The molecule has 1 aliphatic heterocycles. The molecule has 3 N–H and O–H groups in total. The lowest BCUT2D eigenvalue weighted by Gasteiger charge is -2.22. The predicted molar refractivity (Wildman–Crippen MR) is 131 cm³/mol. The topological polar surface area (TPSA) is 147 Å². The van der Waals surface area contributed by atoms with Crippen LogP contribution in [-0.2, 0) is 31.5 Å². The number of methoxy groups -OCH3 is 1. The second kappa shape index (κ2) is 10.3. The van der Waals surface area contributed by atoms with Gasteiger partial charge in [0.05, 0.1) is 30.3 Å². The third-order valence-electron chi connectivity index (χ3n) is 5.91. The number of benzene rings is 1. The van der Waals surface area contributed by atoms with Crippen LogP contribution in [0.2, 0.25) is 5.15 Å². The molecule has 2 aromatic heterocycles. The third-order valence-corrected chi connectivity index (χ3v) is 9.55. The highest BCUT2D eigenvalue weighted by atomic mass is 35.5. The van der Waals surface area contributed by atoms with E-state index in [-0.39, 0.29) is 12.5 Å². The lowest BCUT2D eigenvalue weighted by atomic mass is 10.0. The van der Waals surface area contributed by atoms with E-state index in [2.05, 4.69) is 27.1 Å². The van der Waals surface area contributed by atoms with Gasteiger partial charge in [-0.2, -0.15) is 5.10 Å². The largest absolute Gasteiger partial charge is 0.379 e. The average Bonchev–Trinajstić information content (AvgIpc) is 3.38. The van der Waals surface area contributed by atoms with Gasteiger partial charge in [-0.15, -0.1) is 0 Å². The van der Waals surface area contributed by atoms with Crippen LogP contribution >= 0.6 is 26.8 Å². The number of imidazole rings is 1. The molecular weight excluding hydrogens is 518 g/mol. The maximum Gasteiger partial charge on any atom is 0.340 e. The van der Waals surface area contributed by atoms with Crippen LogP contribution in [0, 0.1) is 0 Å². The summed E-state index contributed by atoms with van der Waals surface area (Å²) in [6, 6.07) is 10.0. The Morgan fingerprint density at radius 3 is 2.43 bits per heavy atom. The van der Waals surface area contributed by atoms with Crippen molar-refractivity contribution in [3.8, 4) is 0 Å². The molecule has 2 unspecified atom stereocenters. The SMILES string of the molecule is CO[C@H](COP(=O)(O)CP(=O)(O)O)CC(C)c1cnc2c(N3Cc4ccccc4C3)cc(Cl)nn12. The van der Waals surface area contributed by atoms with E-state index >= 15 is 0 Å². The van der Waals surface area contributed by atoms with E-state index in [9.17, 15) is 14.0 Å². The fraction of sp³-hybridized carbons (Fsp3) is 0.429. The molecule has 0 saturated carbocycles. The van der Waals surface area contributed by atoms with Gasteiger partial charge < -0.3 is 28.8 Å². The van der Waals surface area contributed by atoms with E-state index in [4.69, 9.17) is 30.6 Å². The first-order chi connectivity index (χ1) is 16.5. The molecule has 0 radical (unpaired) electrons. The fourth-order valence-corrected chi connectivity index (χ4v) is 7.00. The number of nitrogens with zero attached hydrogens (tertiary/aromatic N) is 4. The summed E-state index contributed by atoms with van der Waals surface area (Å²) in [5, 5.41) is 4.77. The Balaban J connectivity index is 1.51. The number of rotatable bonds is 10. The highest BCUT2D eigenvalue weighted by Gasteiger charge is 2.32. The lowest BCUT2D eigenvalue weighted by molar-refractivity contribution is 0.0440. The first kappa shape index (κ1) is 26.3. The number of aromatic nitrogens is 3. The van der Waals surface area contributed by atoms with Gasteiger partial charge in [-0.3, -0.25) is 9.13 Å². The zero-order chi connectivity index (χ0) is 25.4. The number of fused-ring (bicyclic) bond motifs is 2. The quantitative estimate of drug-likeness (QED) is 0.322. The van der Waals surface area contributed by atoms with Crippen molar-refractivity contribution in [2.24, 2.45) is 0 Å². The first-order valence-electron chi connectivity index (χ1n) is 10.9. The summed E-state index contributed by atoms with van der Waals surface area (Å²) >= 11 is 6.38. The minimum absolute atomic E-state index is 0.159. The predicted octanol–water partition coefficient (Wildman–Crippen LogP) is 3.75. The molecule has 1 aromatic carbocycles. The molecule has 0 amide bonds. The Morgan fingerprint density at radius 2 is 1.83 bits per heavy atom. The lowest BCUT2D eigenvalue weighted by Crippen LogP contribution is -2.21. The summed E-state index contributed by atoms with van der Waals surface area (Å²) in [7, 11) is -7.74. The van der Waals surface area contributed by atoms with Gasteiger partial charge in [0, 0.05) is 32.2 Å². The summed E-state index contributed by atoms with van der Waals surface area (Å²) in [5.74, 6) is -1.40. The van der Waals surface area contributed by atoms with Crippen molar-refractivity contribution in [1.29, 1.82) is 0 Å². The monoisotopic (exact) mass is 544 g/mol. The molecular formula is C21H27ClN4O7P2. The maximum atomic E-state index is 12.0. The normalized spacial score (nSPS) is 17.4. The van der Waals surface area contributed by atoms with Gasteiger partial charge >= 0.3 is 15.2 Å². The zero-order valence-corrected chi connectivity index (χ0v) is 21.7. The average molecular weight is 545 g/mol. The molecule has 0 spiro atoms. The molecule has 0 aliphatic carbocycles. The van der Waals surface area contributed by atoms with E-state index in [1.54, 1.807) is 16.8 Å². The summed E-state index contributed by atoms with van der Waals surface area (Å²) in [6.45, 7) is 3.10. The van der Waals surface area contributed by atoms with Gasteiger partial charge in [0.15, 0.2) is 16.7 Å². The van der Waals surface area contributed by atoms with Crippen LogP contribution in [-0.4, -0.2) is 55.0 Å². The molecule has 4 rings (SSSR count). The highest BCUT2D eigenvalue weighted by molar-refractivity contribution is 7.70. The molecule has 11 nitrogen and oxygen atoms in total. The van der Waals surface area contributed by atoms with Crippen LogP contribution < -0.4 is 4.90 Å². The number of hydrogen-bond donors (Lipinski definition) is 3. The van der Waals surface area contributed by atoms with Gasteiger partial charge in [-0.25, -0.2) is 9.50 Å². The third kappa shape index (κ3) is 6.31. The van der Waals surface area contributed by atoms with Crippen molar-refractivity contribution in [2.75, 3.05) is 24.5 Å². The van der Waals surface area contributed by atoms with E-state index in [1.165, 1.54) is 18.2 Å². The van der Waals surface area contributed by atoms with Gasteiger partial charge in [0.2, 0.25) is 0 Å². The van der Waals surface area contributed by atoms with Crippen LogP contribution in [0.4, 0.5) is 5.69 Å². The Hall–Kier alpha value is -1.81. The summed E-state index contributed by atoms with van der Waals surface area (Å²) in [4.78, 5) is 34.4.